The van der Waals surface area contributed by atoms with E-state index in [0.717, 1.165) is 12.5 Å². The van der Waals surface area contributed by atoms with Crippen LogP contribution in [0.1, 0.15) is 23.7 Å². The Morgan fingerprint density at radius 2 is 2.18 bits per heavy atom. The summed E-state index contributed by atoms with van der Waals surface area (Å²) >= 11 is 1.74. The maximum atomic E-state index is 11.7. The van der Waals surface area contributed by atoms with E-state index in [-0.39, 0.29) is 23.0 Å². The molecule has 1 aromatic rings. The molecule has 0 bridgehead atoms. The molecule has 1 atom stereocenters. The average Bonchev–Trinajstić information content (AvgIpc) is 2.28. The normalized spacial score (nSPS) is 12.1. The number of carbonyl (C=O) groups excluding carboxylic acids is 1. The molecule has 94 valence electrons. The summed E-state index contributed by atoms with van der Waals surface area (Å²) in [5, 5.41) is 21.8. The highest BCUT2D eigenvalue weighted by Crippen LogP contribution is 2.22. The highest BCUT2D eigenvalue weighted by atomic mass is 32.2. The number of phenolic OH excluding ortho intramolecular Hbond substituents is 2. The van der Waals surface area contributed by atoms with Crippen molar-refractivity contribution in [3.8, 4) is 11.5 Å². The maximum Gasteiger partial charge on any atom is 0.255 e. The quantitative estimate of drug-likeness (QED) is 0.752. The minimum atomic E-state index is -0.323. The maximum absolute atomic E-state index is 11.7. The van der Waals surface area contributed by atoms with Crippen molar-refractivity contribution in [2.45, 2.75) is 18.6 Å². The summed E-state index contributed by atoms with van der Waals surface area (Å²) in [6.45, 7) is 2.66. The van der Waals surface area contributed by atoms with E-state index in [1.54, 1.807) is 11.8 Å². The van der Waals surface area contributed by atoms with Crippen molar-refractivity contribution in [3.63, 3.8) is 0 Å². The van der Waals surface area contributed by atoms with E-state index in [1.165, 1.54) is 12.1 Å². The third-order valence-electron chi connectivity index (χ3n) is 2.46. The Morgan fingerprint density at radius 1 is 1.47 bits per heavy atom. The van der Waals surface area contributed by atoms with Gasteiger partial charge in [0.15, 0.2) is 0 Å². The van der Waals surface area contributed by atoms with Gasteiger partial charge in [-0.25, -0.2) is 0 Å². The first kappa shape index (κ1) is 13.7. The summed E-state index contributed by atoms with van der Waals surface area (Å²) in [4.78, 5) is 11.7. The zero-order chi connectivity index (χ0) is 12.8. The summed E-state index contributed by atoms with van der Waals surface area (Å²) in [5.41, 5.74) is 0.180. The summed E-state index contributed by atoms with van der Waals surface area (Å²) in [7, 11) is 0. The predicted octanol–water partition coefficient (Wildman–Crippen LogP) is 1.97. The molecular weight excluding hydrogens is 238 g/mol. The van der Waals surface area contributed by atoms with Crippen LogP contribution in [0.4, 0.5) is 0 Å². The molecule has 0 aliphatic heterocycles. The molecule has 1 unspecified atom stereocenters. The fraction of sp³-hybridized carbons (Fsp3) is 0.417. The molecule has 1 rings (SSSR count). The van der Waals surface area contributed by atoms with Crippen LogP contribution < -0.4 is 5.32 Å². The SMILES string of the molecule is CSC(C)CCNC(=O)c1ccc(O)cc1O. The van der Waals surface area contributed by atoms with E-state index in [4.69, 9.17) is 5.11 Å². The van der Waals surface area contributed by atoms with E-state index in [0.29, 0.717) is 11.8 Å². The second-order valence-corrected chi connectivity index (χ2v) is 5.07. The molecular formula is C12H17NO3S. The lowest BCUT2D eigenvalue weighted by atomic mass is 10.1. The molecule has 0 heterocycles. The summed E-state index contributed by atoms with van der Waals surface area (Å²) in [6.07, 6.45) is 2.91. The molecule has 1 amide bonds. The number of rotatable bonds is 5. The Balaban J connectivity index is 2.52. The molecule has 0 aliphatic rings. The minimum Gasteiger partial charge on any atom is -0.508 e. The van der Waals surface area contributed by atoms with E-state index < -0.39 is 0 Å². The number of benzene rings is 1. The van der Waals surface area contributed by atoms with Crippen LogP contribution in [0, 0.1) is 0 Å². The fourth-order valence-electron chi connectivity index (χ4n) is 1.31. The van der Waals surface area contributed by atoms with Gasteiger partial charge in [0, 0.05) is 17.9 Å². The van der Waals surface area contributed by atoms with Crippen LogP contribution in [0.3, 0.4) is 0 Å². The fourth-order valence-corrected chi connectivity index (χ4v) is 1.67. The molecule has 5 heteroatoms. The zero-order valence-electron chi connectivity index (χ0n) is 9.93. The summed E-state index contributed by atoms with van der Waals surface area (Å²) < 4.78 is 0. The Bertz CT molecular complexity index is 395. The van der Waals surface area contributed by atoms with Crippen molar-refractivity contribution < 1.29 is 15.0 Å². The smallest absolute Gasteiger partial charge is 0.255 e. The predicted molar refractivity (Wildman–Crippen MR) is 69.7 cm³/mol. The van der Waals surface area contributed by atoms with Crippen molar-refractivity contribution >= 4 is 17.7 Å². The Morgan fingerprint density at radius 3 is 2.76 bits per heavy atom. The van der Waals surface area contributed by atoms with Crippen LogP contribution in [-0.4, -0.2) is 34.2 Å². The largest absolute Gasteiger partial charge is 0.508 e. The summed E-state index contributed by atoms with van der Waals surface area (Å²) in [5.74, 6) is -0.591. The van der Waals surface area contributed by atoms with Gasteiger partial charge in [0.1, 0.15) is 11.5 Å². The topological polar surface area (TPSA) is 69.6 Å². The van der Waals surface area contributed by atoms with Gasteiger partial charge in [-0.15, -0.1) is 0 Å². The van der Waals surface area contributed by atoms with E-state index >= 15 is 0 Å². The van der Waals surface area contributed by atoms with E-state index in [9.17, 15) is 9.90 Å². The van der Waals surface area contributed by atoms with Crippen LogP contribution in [-0.2, 0) is 0 Å². The van der Waals surface area contributed by atoms with Gasteiger partial charge in [-0.3, -0.25) is 4.79 Å². The van der Waals surface area contributed by atoms with Crippen molar-refractivity contribution in [2.24, 2.45) is 0 Å². The monoisotopic (exact) mass is 255 g/mol. The van der Waals surface area contributed by atoms with Gasteiger partial charge in [-0.1, -0.05) is 6.92 Å². The lowest BCUT2D eigenvalue weighted by Crippen LogP contribution is -2.26. The first-order chi connectivity index (χ1) is 8.04. The Hall–Kier alpha value is -1.36. The van der Waals surface area contributed by atoms with Crippen LogP contribution in [0.15, 0.2) is 18.2 Å². The third kappa shape index (κ3) is 4.19. The van der Waals surface area contributed by atoms with Crippen molar-refractivity contribution in [2.75, 3.05) is 12.8 Å². The molecule has 0 saturated carbocycles. The number of phenols is 2. The summed E-state index contributed by atoms with van der Waals surface area (Å²) in [6, 6.07) is 3.93. The average molecular weight is 255 g/mol. The lowest BCUT2D eigenvalue weighted by Gasteiger charge is -2.10. The van der Waals surface area contributed by atoms with Gasteiger partial charge < -0.3 is 15.5 Å². The van der Waals surface area contributed by atoms with Crippen molar-refractivity contribution in [3.05, 3.63) is 23.8 Å². The third-order valence-corrected chi connectivity index (χ3v) is 3.51. The van der Waals surface area contributed by atoms with Gasteiger partial charge in [0.05, 0.1) is 5.56 Å². The van der Waals surface area contributed by atoms with Gasteiger partial charge in [-0.05, 0) is 24.8 Å². The van der Waals surface area contributed by atoms with E-state index in [2.05, 4.69) is 12.2 Å². The number of hydrogen-bond donors (Lipinski definition) is 3. The minimum absolute atomic E-state index is 0.0601. The van der Waals surface area contributed by atoms with Gasteiger partial charge in [0.25, 0.3) is 5.91 Å². The first-order valence-electron chi connectivity index (χ1n) is 5.37. The van der Waals surface area contributed by atoms with Crippen LogP contribution in [0.2, 0.25) is 0 Å². The number of amides is 1. The number of aromatic hydroxyl groups is 2. The number of thioether (sulfide) groups is 1. The second kappa shape index (κ2) is 6.39. The molecule has 0 aromatic heterocycles. The molecule has 0 radical (unpaired) electrons. The van der Waals surface area contributed by atoms with Crippen LogP contribution >= 0.6 is 11.8 Å². The molecule has 1 aromatic carbocycles. The Labute approximate surface area is 105 Å². The molecule has 0 fully saturated rings. The van der Waals surface area contributed by atoms with Crippen LogP contribution in [0.5, 0.6) is 11.5 Å². The highest BCUT2D eigenvalue weighted by molar-refractivity contribution is 7.99. The van der Waals surface area contributed by atoms with Crippen LogP contribution in [0.25, 0.3) is 0 Å². The Kier molecular flexibility index (Phi) is 5.15. The van der Waals surface area contributed by atoms with Gasteiger partial charge in [0.2, 0.25) is 0 Å². The molecule has 0 spiro atoms. The highest BCUT2D eigenvalue weighted by Gasteiger charge is 2.11. The second-order valence-electron chi connectivity index (χ2n) is 3.79. The zero-order valence-corrected chi connectivity index (χ0v) is 10.8. The lowest BCUT2D eigenvalue weighted by molar-refractivity contribution is 0.0950. The van der Waals surface area contributed by atoms with Crippen molar-refractivity contribution in [1.29, 1.82) is 0 Å². The molecule has 3 N–H and O–H groups in total. The molecule has 0 aliphatic carbocycles. The van der Waals surface area contributed by atoms with Crippen molar-refractivity contribution in [1.82, 2.24) is 5.32 Å². The van der Waals surface area contributed by atoms with Gasteiger partial charge >= 0.3 is 0 Å². The number of hydrogen-bond acceptors (Lipinski definition) is 4. The number of carbonyl (C=O) groups is 1. The first-order valence-corrected chi connectivity index (χ1v) is 6.66. The standard InChI is InChI=1S/C12H17NO3S/c1-8(17-2)5-6-13-12(16)10-4-3-9(14)7-11(10)15/h3-4,7-8,14-15H,5-6H2,1-2H3,(H,13,16). The molecule has 4 nitrogen and oxygen atoms in total. The van der Waals surface area contributed by atoms with E-state index in [1.807, 2.05) is 6.26 Å². The molecule has 17 heavy (non-hydrogen) atoms. The molecule has 0 saturated heterocycles. The number of nitrogens with one attached hydrogen (secondary N) is 1. The van der Waals surface area contributed by atoms with Gasteiger partial charge in [-0.2, -0.15) is 11.8 Å².